The molecule has 5 nitrogen and oxygen atoms in total. The second kappa shape index (κ2) is 9.90. The zero-order chi connectivity index (χ0) is 18.2. The number of piperazine rings is 1. The third kappa shape index (κ3) is 6.77. The van der Waals surface area contributed by atoms with E-state index in [9.17, 15) is 4.79 Å². The molecule has 0 unspecified atom stereocenters. The van der Waals surface area contributed by atoms with Crippen LogP contribution in [0, 0.1) is 5.92 Å². The van der Waals surface area contributed by atoms with E-state index in [1.165, 1.54) is 11.1 Å². The Morgan fingerprint density at radius 2 is 1.76 bits per heavy atom. The molecule has 1 aromatic rings. The van der Waals surface area contributed by atoms with Gasteiger partial charge in [0.2, 0.25) is 5.91 Å². The van der Waals surface area contributed by atoms with E-state index in [2.05, 4.69) is 54.2 Å². The van der Waals surface area contributed by atoms with E-state index in [4.69, 9.17) is 4.74 Å². The van der Waals surface area contributed by atoms with E-state index >= 15 is 0 Å². The lowest BCUT2D eigenvalue weighted by atomic mass is 10.1. The number of carbonyl (C=O) groups excluding carboxylic acids is 1. The number of benzene rings is 1. The second-order valence-corrected chi connectivity index (χ2v) is 7.44. The van der Waals surface area contributed by atoms with Gasteiger partial charge in [-0.2, -0.15) is 0 Å². The Bertz CT molecular complexity index is 539. The minimum Gasteiger partial charge on any atom is -0.368 e. The summed E-state index contributed by atoms with van der Waals surface area (Å²) in [6, 6.07) is 8.38. The summed E-state index contributed by atoms with van der Waals surface area (Å²) in [5.41, 5.74) is 2.48. The molecule has 0 spiro atoms. The number of hydrogen-bond acceptors (Lipinski definition) is 4. The lowest BCUT2D eigenvalue weighted by molar-refractivity contribution is -0.132. The Balaban J connectivity index is 1.86. The maximum absolute atomic E-state index is 12.2. The summed E-state index contributed by atoms with van der Waals surface area (Å²) < 4.78 is 5.59. The summed E-state index contributed by atoms with van der Waals surface area (Å²) in [6.07, 6.45) is -0.410. The fraction of sp³-hybridized carbons (Fsp3) is 0.650. The topological polar surface area (TPSA) is 44.8 Å². The second-order valence-electron chi connectivity index (χ2n) is 7.44. The lowest BCUT2D eigenvalue weighted by Crippen LogP contribution is -2.44. The van der Waals surface area contributed by atoms with E-state index in [1.807, 2.05) is 13.0 Å². The number of nitrogens with zero attached hydrogens (tertiary/aromatic N) is 2. The van der Waals surface area contributed by atoms with Crippen LogP contribution in [0.4, 0.5) is 0 Å². The maximum atomic E-state index is 12.2. The molecule has 2 rings (SSSR count). The normalized spacial score (nSPS) is 17.6. The molecule has 140 valence electrons. The van der Waals surface area contributed by atoms with Crippen molar-refractivity contribution < 1.29 is 9.53 Å². The van der Waals surface area contributed by atoms with Crippen molar-refractivity contribution in [2.24, 2.45) is 5.92 Å². The predicted molar refractivity (Wildman–Crippen MR) is 101 cm³/mol. The van der Waals surface area contributed by atoms with Gasteiger partial charge in [0.05, 0.1) is 0 Å². The number of rotatable bonds is 8. The quantitative estimate of drug-likeness (QED) is 0.782. The summed E-state index contributed by atoms with van der Waals surface area (Å²) >= 11 is 0. The average molecular weight is 348 g/mol. The monoisotopic (exact) mass is 347 g/mol. The van der Waals surface area contributed by atoms with E-state index in [1.54, 1.807) is 0 Å². The minimum absolute atomic E-state index is 0.0462. The van der Waals surface area contributed by atoms with Crippen molar-refractivity contribution >= 4 is 5.91 Å². The molecule has 0 radical (unpaired) electrons. The molecule has 0 bridgehead atoms. The number of hydrogen-bond donors (Lipinski definition) is 1. The first-order valence-corrected chi connectivity index (χ1v) is 9.32. The largest absolute Gasteiger partial charge is 0.368 e. The Kier molecular flexibility index (Phi) is 7.88. The number of amides is 1. The van der Waals surface area contributed by atoms with Crippen LogP contribution in [-0.2, 0) is 22.6 Å². The van der Waals surface area contributed by atoms with Gasteiger partial charge in [0.15, 0.2) is 0 Å². The highest BCUT2D eigenvalue weighted by molar-refractivity contribution is 5.80. The van der Waals surface area contributed by atoms with E-state index in [-0.39, 0.29) is 5.91 Å². The number of carbonyl (C=O) groups is 1. The Morgan fingerprint density at radius 1 is 1.12 bits per heavy atom. The molecule has 1 atom stereocenters. The van der Waals surface area contributed by atoms with Gasteiger partial charge in [0, 0.05) is 45.9 Å². The van der Waals surface area contributed by atoms with E-state index in [0.717, 1.165) is 32.7 Å². The summed E-state index contributed by atoms with van der Waals surface area (Å²) in [5, 5.41) is 3.02. The molecule has 0 saturated carbocycles. The molecule has 1 saturated heterocycles. The Labute approximate surface area is 152 Å². The van der Waals surface area contributed by atoms with Crippen LogP contribution < -0.4 is 5.32 Å². The first kappa shape index (κ1) is 19.9. The van der Waals surface area contributed by atoms with Crippen LogP contribution in [0.25, 0.3) is 0 Å². The van der Waals surface area contributed by atoms with Crippen molar-refractivity contribution in [1.82, 2.24) is 15.1 Å². The van der Waals surface area contributed by atoms with Crippen molar-refractivity contribution in [3.8, 4) is 0 Å². The van der Waals surface area contributed by atoms with Crippen LogP contribution in [0.3, 0.4) is 0 Å². The molecule has 1 heterocycles. The van der Waals surface area contributed by atoms with Crippen LogP contribution in [-0.4, -0.2) is 61.6 Å². The molecule has 1 amide bonds. The SMILES string of the molecule is CC(C)CO[C@H](C)C(=O)NCc1ccccc1CN1CCN(C)CC1. The fourth-order valence-corrected chi connectivity index (χ4v) is 2.87. The van der Waals surface area contributed by atoms with Gasteiger partial charge in [-0.15, -0.1) is 0 Å². The summed E-state index contributed by atoms with van der Waals surface area (Å²) in [5.74, 6) is 0.384. The Hall–Kier alpha value is -1.43. The van der Waals surface area contributed by atoms with Crippen molar-refractivity contribution in [3.05, 3.63) is 35.4 Å². The van der Waals surface area contributed by atoms with Gasteiger partial charge in [-0.25, -0.2) is 0 Å². The van der Waals surface area contributed by atoms with Crippen LogP contribution in [0.15, 0.2) is 24.3 Å². The van der Waals surface area contributed by atoms with Crippen LogP contribution >= 0.6 is 0 Å². The third-order valence-corrected chi connectivity index (χ3v) is 4.61. The van der Waals surface area contributed by atoms with Gasteiger partial charge in [-0.3, -0.25) is 9.69 Å². The summed E-state index contributed by atoms with van der Waals surface area (Å²) in [7, 11) is 2.17. The fourth-order valence-electron chi connectivity index (χ4n) is 2.87. The van der Waals surface area contributed by atoms with E-state index < -0.39 is 6.10 Å². The van der Waals surface area contributed by atoms with Gasteiger partial charge in [-0.1, -0.05) is 38.1 Å². The first-order valence-electron chi connectivity index (χ1n) is 9.32. The molecular formula is C20H33N3O2. The minimum atomic E-state index is -0.410. The molecule has 1 aromatic carbocycles. The highest BCUT2D eigenvalue weighted by atomic mass is 16.5. The van der Waals surface area contributed by atoms with Crippen molar-refractivity contribution in [1.29, 1.82) is 0 Å². The van der Waals surface area contributed by atoms with Gasteiger partial charge in [-0.05, 0) is 31.0 Å². The molecule has 1 fully saturated rings. The molecule has 1 aliphatic heterocycles. The zero-order valence-electron chi connectivity index (χ0n) is 16.1. The van der Waals surface area contributed by atoms with Gasteiger partial charge in [0.25, 0.3) is 0 Å². The average Bonchev–Trinajstić information content (AvgIpc) is 2.60. The third-order valence-electron chi connectivity index (χ3n) is 4.61. The van der Waals surface area contributed by atoms with E-state index in [0.29, 0.717) is 19.1 Å². The number of likely N-dealkylation sites (N-methyl/N-ethyl adjacent to an activating group) is 1. The molecule has 5 heteroatoms. The molecule has 0 aromatic heterocycles. The number of nitrogens with one attached hydrogen (secondary N) is 1. The first-order chi connectivity index (χ1) is 12.0. The predicted octanol–water partition coefficient (Wildman–Crippen LogP) is 2.11. The Morgan fingerprint density at radius 3 is 2.40 bits per heavy atom. The zero-order valence-corrected chi connectivity index (χ0v) is 16.1. The standard InChI is InChI=1S/C20H33N3O2/c1-16(2)15-25-17(3)20(24)21-13-18-7-5-6-8-19(18)14-23-11-9-22(4)10-12-23/h5-8,16-17H,9-15H2,1-4H3,(H,21,24)/t17-/m1/s1. The molecular weight excluding hydrogens is 314 g/mol. The highest BCUT2D eigenvalue weighted by Gasteiger charge is 2.17. The smallest absolute Gasteiger partial charge is 0.249 e. The lowest BCUT2D eigenvalue weighted by Gasteiger charge is -2.32. The van der Waals surface area contributed by atoms with Crippen molar-refractivity contribution in [2.45, 2.75) is 40.0 Å². The maximum Gasteiger partial charge on any atom is 0.249 e. The van der Waals surface area contributed by atoms with Crippen molar-refractivity contribution in [3.63, 3.8) is 0 Å². The van der Waals surface area contributed by atoms with Crippen molar-refractivity contribution in [2.75, 3.05) is 39.8 Å². The number of ether oxygens (including phenoxy) is 1. The summed E-state index contributed by atoms with van der Waals surface area (Å²) in [4.78, 5) is 17.1. The van der Waals surface area contributed by atoms with Gasteiger partial charge >= 0.3 is 0 Å². The van der Waals surface area contributed by atoms with Crippen LogP contribution in [0.1, 0.15) is 31.9 Å². The van der Waals surface area contributed by atoms with Gasteiger partial charge in [0.1, 0.15) is 6.10 Å². The highest BCUT2D eigenvalue weighted by Crippen LogP contribution is 2.13. The van der Waals surface area contributed by atoms with Gasteiger partial charge < -0.3 is 15.0 Å². The van der Waals surface area contributed by atoms with Crippen LogP contribution in [0.2, 0.25) is 0 Å². The van der Waals surface area contributed by atoms with Crippen LogP contribution in [0.5, 0.6) is 0 Å². The molecule has 0 aliphatic carbocycles. The molecule has 1 N–H and O–H groups in total. The molecule has 1 aliphatic rings. The summed E-state index contributed by atoms with van der Waals surface area (Å²) in [6.45, 7) is 12.5. The molecule has 25 heavy (non-hydrogen) atoms.